The van der Waals surface area contributed by atoms with Crippen LogP contribution in [0.25, 0.3) is 33.6 Å². The molecule has 1 aromatic heterocycles. The van der Waals surface area contributed by atoms with Crippen LogP contribution in [0.2, 0.25) is 0 Å². The van der Waals surface area contributed by atoms with E-state index in [4.69, 9.17) is 16.6 Å². The first-order valence-electron chi connectivity index (χ1n) is 8.69. The van der Waals surface area contributed by atoms with Gasteiger partial charge in [-0.15, -0.1) is 0 Å². The number of halogens is 1. The molecule has 1 nitrogen and oxygen atoms in total. The first-order valence-corrected chi connectivity index (χ1v) is 9.90. The van der Waals surface area contributed by atoms with Gasteiger partial charge in [0, 0.05) is 16.7 Å². The molecule has 27 heavy (non-hydrogen) atoms. The maximum Gasteiger partial charge on any atom is 0.205 e. The fraction of sp³-hybridized carbons (Fsp3) is 0.0417. The first kappa shape index (κ1) is 17.9. The molecule has 1 heterocycles. The Kier molecular flexibility index (Phi) is 5.06. The Labute approximate surface area is 172 Å². The standard InChI is InChI=1S/C24H17BrOS/c1-16-12-14-19(15-13-16)23-21(18-10-6-3-7-11-18)20(22(25)24(27)26-23)17-8-4-2-5-9-17/h2-15H,1H3. The maximum atomic E-state index is 6.15. The highest BCUT2D eigenvalue weighted by atomic mass is 79.9. The van der Waals surface area contributed by atoms with Gasteiger partial charge in [0.2, 0.25) is 4.71 Å². The van der Waals surface area contributed by atoms with Crippen LogP contribution < -0.4 is 0 Å². The molecule has 4 aromatic rings. The number of hydrogen-bond donors (Lipinski definition) is 0. The largest absolute Gasteiger partial charge is 0.443 e. The molecular weight excluding hydrogens is 416 g/mol. The second-order valence-corrected chi connectivity index (χ2v) is 7.54. The van der Waals surface area contributed by atoms with E-state index < -0.39 is 0 Å². The Morgan fingerprint density at radius 1 is 0.667 bits per heavy atom. The summed E-state index contributed by atoms with van der Waals surface area (Å²) in [5, 5.41) is 0. The van der Waals surface area contributed by atoms with E-state index in [2.05, 4.69) is 71.4 Å². The van der Waals surface area contributed by atoms with Crippen molar-refractivity contribution in [2.75, 3.05) is 0 Å². The molecule has 3 heteroatoms. The third kappa shape index (κ3) is 3.53. The summed E-state index contributed by atoms with van der Waals surface area (Å²) < 4.78 is 7.40. The Morgan fingerprint density at radius 3 is 1.74 bits per heavy atom. The zero-order valence-electron chi connectivity index (χ0n) is 14.8. The zero-order valence-corrected chi connectivity index (χ0v) is 17.2. The minimum absolute atomic E-state index is 0.448. The van der Waals surface area contributed by atoms with Gasteiger partial charge in [0.05, 0.1) is 4.47 Å². The van der Waals surface area contributed by atoms with Gasteiger partial charge in [-0.05, 0) is 46.2 Å². The van der Waals surface area contributed by atoms with Crippen molar-refractivity contribution in [3.8, 4) is 33.6 Å². The smallest absolute Gasteiger partial charge is 0.205 e. The number of hydrogen-bond acceptors (Lipinski definition) is 2. The van der Waals surface area contributed by atoms with E-state index in [0.717, 1.165) is 38.1 Å². The van der Waals surface area contributed by atoms with Crippen molar-refractivity contribution < 1.29 is 4.42 Å². The monoisotopic (exact) mass is 432 g/mol. The summed E-state index contributed by atoms with van der Waals surface area (Å²) in [5.74, 6) is 0.785. The van der Waals surface area contributed by atoms with Crippen LogP contribution in [0.4, 0.5) is 0 Å². The Bertz CT molecular complexity index is 1130. The summed E-state index contributed by atoms with van der Waals surface area (Å²) >= 11 is 9.24. The van der Waals surface area contributed by atoms with Crippen LogP contribution in [0.5, 0.6) is 0 Å². The van der Waals surface area contributed by atoms with Crippen LogP contribution in [-0.2, 0) is 0 Å². The van der Waals surface area contributed by atoms with Crippen LogP contribution in [0.1, 0.15) is 5.56 Å². The van der Waals surface area contributed by atoms with Crippen molar-refractivity contribution in [2.24, 2.45) is 0 Å². The van der Waals surface area contributed by atoms with Gasteiger partial charge in [0.15, 0.2) is 0 Å². The van der Waals surface area contributed by atoms with Crippen LogP contribution >= 0.6 is 28.1 Å². The van der Waals surface area contributed by atoms with Crippen LogP contribution in [0.3, 0.4) is 0 Å². The van der Waals surface area contributed by atoms with E-state index in [1.54, 1.807) is 0 Å². The lowest BCUT2D eigenvalue weighted by Crippen LogP contribution is -1.93. The predicted octanol–water partition coefficient (Wildman–Crippen LogP) is 8.08. The summed E-state index contributed by atoms with van der Waals surface area (Å²) in [6.45, 7) is 2.08. The highest BCUT2D eigenvalue weighted by molar-refractivity contribution is 9.10. The molecule has 0 saturated heterocycles. The highest BCUT2D eigenvalue weighted by Gasteiger charge is 2.20. The van der Waals surface area contributed by atoms with E-state index in [0.29, 0.717) is 4.71 Å². The van der Waals surface area contributed by atoms with E-state index in [9.17, 15) is 0 Å². The minimum Gasteiger partial charge on any atom is -0.443 e. The molecule has 0 fully saturated rings. The van der Waals surface area contributed by atoms with E-state index in [1.165, 1.54) is 5.56 Å². The summed E-state index contributed by atoms with van der Waals surface area (Å²) in [7, 11) is 0. The first-order chi connectivity index (χ1) is 13.1. The highest BCUT2D eigenvalue weighted by Crippen LogP contribution is 2.44. The normalized spacial score (nSPS) is 10.7. The molecule has 0 atom stereocenters. The molecule has 132 valence electrons. The zero-order chi connectivity index (χ0) is 18.8. The van der Waals surface area contributed by atoms with Crippen LogP contribution in [-0.4, -0.2) is 0 Å². The summed E-state index contributed by atoms with van der Waals surface area (Å²) in [4.78, 5) is 0. The molecule has 0 aliphatic carbocycles. The van der Waals surface area contributed by atoms with E-state index >= 15 is 0 Å². The molecule has 0 N–H and O–H groups in total. The molecule has 0 aliphatic heterocycles. The Balaban J connectivity index is 2.12. The molecular formula is C24H17BrOS. The van der Waals surface area contributed by atoms with Crippen molar-refractivity contribution in [1.29, 1.82) is 0 Å². The molecule has 3 aromatic carbocycles. The molecule has 0 radical (unpaired) electrons. The van der Waals surface area contributed by atoms with E-state index in [-0.39, 0.29) is 0 Å². The molecule has 0 spiro atoms. The average Bonchev–Trinajstić information content (AvgIpc) is 2.71. The van der Waals surface area contributed by atoms with Gasteiger partial charge in [-0.1, -0.05) is 90.5 Å². The van der Waals surface area contributed by atoms with Gasteiger partial charge < -0.3 is 4.42 Å². The van der Waals surface area contributed by atoms with Crippen LogP contribution in [0.15, 0.2) is 93.8 Å². The lowest BCUT2D eigenvalue weighted by Gasteiger charge is -2.17. The lowest BCUT2D eigenvalue weighted by atomic mass is 9.92. The third-order valence-electron chi connectivity index (χ3n) is 4.51. The third-order valence-corrected chi connectivity index (χ3v) is 5.82. The van der Waals surface area contributed by atoms with Gasteiger partial charge in [-0.25, -0.2) is 0 Å². The lowest BCUT2D eigenvalue weighted by molar-refractivity contribution is 0.548. The second-order valence-electron chi connectivity index (χ2n) is 6.38. The quantitative estimate of drug-likeness (QED) is 0.303. The van der Waals surface area contributed by atoms with Gasteiger partial charge in [0.25, 0.3) is 0 Å². The second kappa shape index (κ2) is 7.63. The number of aryl methyl sites for hydroxylation is 1. The predicted molar refractivity (Wildman–Crippen MR) is 118 cm³/mol. The van der Waals surface area contributed by atoms with Crippen molar-refractivity contribution in [3.05, 3.63) is 99.7 Å². The van der Waals surface area contributed by atoms with Crippen molar-refractivity contribution >= 4 is 28.1 Å². The van der Waals surface area contributed by atoms with Crippen molar-refractivity contribution in [1.82, 2.24) is 0 Å². The summed E-state index contributed by atoms with van der Waals surface area (Å²) in [5.41, 5.74) is 6.49. The molecule has 0 saturated carbocycles. The minimum atomic E-state index is 0.448. The average molecular weight is 433 g/mol. The Hall–Kier alpha value is -2.49. The van der Waals surface area contributed by atoms with Gasteiger partial charge in [-0.3, -0.25) is 0 Å². The van der Waals surface area contributed by atoms with Gasteiger partial charge in [-0.2, -0.15) is 0 Å². The molecule has 4 rings (SSSR count). The van der Waals surface area contributed by atoms with Gasteiger partial charge >= 0.3 is 0 Å². The van der Waals surface area contributed by atoms with Crippen LogP contribution in [0, 0.1) is 11.6 Å². The number of benzene rings is 3. The summed E-state index contributed by atoms with van der Waals surface area (Å²) in [6.07, 6.45) is 0. The fourth-order valence-corrected chi connectivity index (χ4v) is 3.87. The topological polar surface area (TPSA) is 13.1 Å². The van der Waals surface area contributed by atoms with Gasteiger partial charge in [0.1, 0.15) is 5.76 Å². The number of rotatable bonds is 3. The molecule has 0 aliphatic rings. The summed E-state index contributed by atoms with van der Waals surface area (Å²) in [6, 6.07) is 28.9. The van der Waals surface area contributed by atoms with Crippen molar-refractivity contribution in [2.45, 2.75) is 6.92 Å². The molecule has 0 bridgehead atoms. The molecule has 0 amide bonds. The maximum absolute atomic E-state index is 6.15. The fourth-order valence-electron chi connectivity index (χ4n) is 3.18. The van der Waals surface area contributed by atoms with Crippen molar-refractivity contribution in [3.63, 3.8) is 0 Å². The Morgan fingerprint density at radius 2 is 1.19 bits per heavy atom. The SMILES string of the molecule is Cc1ccc(-c2oc(=S)c(Br)c(-c3ccccc3)c2-c2ccccc2)cc1. The van der Waals surface area contributed by atoms with E-state index in [1.807, 2.05) is 36.4 Å². The molecule has 0 unspecified atom stereocenters.